The largest absolute Gasteiger partial charge is 0.223 e. The second-order valence-corrected chi connectivity index (χ2v) is 11.3. The van der Waals surface area contributed by atoms with Gasteiger partial charge >= 0.3 is 0 Å². The molecule has 138 valence electrons. The molecule has 0 fully saturated rings. The number of hydrogen-bond acceptors (Lipinski definition) is 2. The first-order valence-electron chi connectivity index (χ1n) is 8.68. The van der Waals surface area contributed by atoms with Crippen molar-refractivity contribution in [2.75, 3.05) is 0 Å². The zero-order valence-corrected chi connectivity index (χ0v) is 16.4. The maximum Gasteiger partial charge on any atom is 0.185 e. The van der Waals surface area contributed by atoms with Gasteiger partial charge < -0.3 is 0 Å². The van der Waals surface area contributed by atoms with Gasteiger partial charge in [-0.05, 0) is 40.0 Å². The van der Waals surface area contributed by atoms with Gasteiger partial charge in [0.2, 0.25) is 0 Å². The van der Waals surface area contributed by atoms with E-state index in [0.717, 1.165) is 23.1 Å². The lowest BCUT2D eigenvalue weighted by atomic mass is 9.79. The summed E-state index contributed by atoms with van der Waals surface area (Å²) in [5.41, 5.74) is 3.06. The maximum absolute atomic E-state index is 13.3. The van der Waals surface area contributed by atoms with Crippen molar-refractivity contribution in [1.29, 1.82) is 0 Å². The Labute approximate surface area is 154 Å². The lowest BCUT2D eigenvalue weighted by Crippen LogP contribution is -2.36. The zero-order valence-electron chi connectivity index (χ0n) is 15.6. The SMILES string of the molecule is C.CC(C)(C)C1=CC2C(C=C1)Cc1ccc(C(C)(C)C)cc1S2(=O)=O. The first-order valence-corrected chi connectivity index (χ1v) is 10.2. The van der Waals surface area contributed by atoms with Gasteiger partial charge in [-0.2, -0.15) is 0 Å². The van der Waals surface area contributed by atoms with E-state index in [2.05, 4.69) is 59.8 Å². The Balaban J connectivity index is 0.00000225. The van der Waals surface area contributed by atoms with E-state index in [1.54, 1.807) is 0 Å². The van der Waals surface area contributed by atoms with Crippen LogP contribution < -0.4 is 0 Å². The van der Waals surface area contributed by atoms with Crippen LogP contribution >= 0.6 is 0 Å². The van der Waals surface area contributed by atoms with Crippen LogP contribution in [-0.2, 0) is 21.7 Å². The molecule has 2 atom stereocenters. The van der Waals surface area contributed by atoms with E-state index < -0.39 is 15.1 Å². The smallest absolute Gasteiger partial charge is 0.185 e. The molecule has 1 aromatic carbocycles. The summed E-state index contributed by atoms with van der Waals surface area (Å²) in [5.74, 6) is 0.0501. The molecule has 3 rings (SSSR count). The highest BCUT2D eigenvalue weighted by Gasteiger charge is 2.41. The molecule has 0 saturated heterocycles. The van der Waals surface area contributed by atoms with Crippen LogP contribution in [-0.4, -0.2) is 13.7 Å². The number of benzene rings is 1. The Kier molecular flexibility index (Phi) is 4.89. The summed E-state index contributed by atoms with van der Waals surface area (Å²) in [6.07, 6.45) is 7.01. The summed E-state index contributed by atoms with van der Waals surface area (Å²) in [4.78, 5) is 0.538. The van der Waals surface area contributed by atoms with Gasteiger partial charge in [0.1, 0.15) is 0 Å². The van der Waals surface area contributed by atoms with Crippen molar-refractivity contribution in [2.24, 2.45) is 11.3 Å². The summed E-state index contributed by atoms with van der Waals surface area (Å²) in [6, 6.07) is 6.00. The van der Waals surface area contributed by atoms with Crippen LogP contribution in [0.25, 0.3) is 0 Å². The van der Waals surface area contributed by atoms with Crippen molar-refractivity contribution < 1.29 is 8.42 Å². The highest BCUT2D eigenvalue weighted by Crippen LogP contribution is 2.41. The van der Waals surface area contributed by atoms with Crippen LogP contribution in [0, 0.1) is 11.3 Å². The molecule has 1 aliphatic heterocycles. The normalized spacial score (nSPS) is 24.6. The van der Waals surface area contributed by atoms with E-state index in [9.17, 15) is 8.42 Å². The van der Waals surface area contributed by atoms with Crippen molar-refractivity contribution in [3.8, 4) is 0 Å². The van der Waals surface area contributed by atoms with Crippen LogP contribution in [0.15, 0.2) is 46.9 Å². The standard InChI is InChI=1S/C21H28O2S.CH4/c1-20(2,3)16-9-7-14-11-15-8-10-17(21(4,5)6)13-19(15)24(22,23)18(14)12-16;/h7-10,12-14,18H,11H2,1-6H3;1H4. The summed E-state index contributed by atoms with van der Waals surface area (Å²) >= 11 is 0. The van der Waals surface area contributed by atoms with Crippen molar-refractivity contribution in [3.63, 3.8) is 0 Å². The molecular weight excluding hydrogens is 328 g/mol. The summed E-state index contributed by atoms with van der Waals surface area (Å²) < 4.78 is 26.6. The fourth-order valence-electron chi connectivity index (χ4n) is 3.55. The lowest BCUT2D eigenvalue weighted by molar-refractivity contribution is 0.495. The Hall–Kier alpha value is -1.35. The lowest BCUT2D eigenvalue weighted by Gasteiger charge is -2.35. The molecule has 2 unspecified atom stereocenters. The molecule has 2 aliphatic rings. The Morgan fingerprint density at radius 2 is 1.64 bits per heavy atom. The van der Waals surface area contributed by atoms with E-state index in [0.29, 0.717) is 4.90 Å². The van der Waals surface area contributed by atoms with Crippen LogP contribution in [0.1, 0.15) is 60.1 Å². The summed E-state index contributed by atoms with van der Waals surface area (Å²) in [6.45, 7) is 12.7. The molecule has 2 nitrogen and oxygen atoms in total. The molecule has 25 heavy (non-hydrogen) atoms. The third-order valence-corrected chi connectivity index (χ3v) is 7.40. The van der Waals surface area contributed by atoms with Crippen LogP contribution in [0.3, 0.4) is 0 Å². The molecule has 0 spiro atoms. The molecule has 1 heterocycles. The number of hydrogen-bond donors (Lipinski definition) is 0. The average Bonchev–Trinajstić information content (AvgIpc) is 2.44. The van der Waals surface area contributed by atoms with Crippen molar-refractivity contribution in [2.45, 2.75) is 71.0 Å². The van der Waals surface area contributed by atoms with Crippen molar-refractivity contribution in [1.82, 2.24) is 0 Å². The highest BCUT2D eigenvalue weighted by molar-refractivity contribution is 7.92. The van der Waals surface area contributed by atoms with E-state index in [1.807, 2.05) is 18.2 Å². The second kappa shape index (κ2) is 6.12. The number of rotatable bonds is 0. The molecule has 1 aromatic rings. The average molecular weight is 361 g/mol. The minimum atomic E-state index is -3.35. The van der Waals surface area contributed by atoms with E-state index in [1.165, 1.54) is 0 Å². The third-order valence-electron chi connectivity index (χ3n) is 5.21. The van der Waals surface area contributed by atoms with E-state index in [-0.39, 0.29) is 24.2 Å². The Morgan fingerprint density at radius 1 is 1.00 bits per heavy atom. The quantitative estimate of drug-likeness (QED) is 0.614. The maximum atomic E-state index is 13.3. The Morgan fingerprint density at radius 3 is 2.20 bits per heavy atom. The summed E-state index contributed by atoms with van der Waals surface area (Å²) in [5, 5.41) is -0.431. The number of fused-ring (bicyclic) bond motifs is 2. The van der Waals surface area contributed by atoms with Crippen LogP contribution in [0.5, 0.6) is 0 Å². The van der Waals surface area contributed by atoms with Crippen molar-refractivity contribution in [3.05, 3.63) is 53.1 Å². The molecule has 0 amide bonds. The van der Waals surface area contributed by atoms with E-state index in [4.69, 9.17) is 0 Å². The predicted molar refractivity (Wildman–Crippen MR) is 107 cm³/mol. The molecular formula is C22H32O2S. The van der Waals surface area contributed by atoms with Gasteiger partial charge in [-0.3, -0.25) is 0 Å². The number of allylic oxidation sites excluding steroid dienone is 3. The topological polar surface area (TPSA) is 34.1 Å². The van der Waals surface area contributed by atoms with Gasteiger partial charge in [0.25, 0.3) is 0 Å². The van der Waals surface area contributed by atoms with Gasteiger partial charge in [-0.1, -0.05) is 79.3 Å². The first kappa shape index (κ1) is 20.0. The monoisotopic (exact) mass is 360 g/mol. The Bertz CT molecular complexity index is 828. The molecule has 0 radical (unpaired) electrons. The van der Waals surface area contributed by atoms with Gasteiger partial charge in [-0.15, -0.1) is 0 Å². The summed E-state index contributed by atoms with van der Waals surface area (Å²) in [7, 11) is -3.35. The fourth-order valence-corrected chi connectivity index (χ4v) is 5.63. The molecule has 0 bridgehead atoms. The third kappa shape index (κ3) is 3.48. The van der Waals surface area contributed by atoms with Crippen LogP contribution in [0.2, 0.25) is 0 Å². The van der Waals surface area contributed by atoms with E-state index >= 15 is 0 Å². The molecule has 0 aromatic heterocycles. The second-order valence-electron chi connectivity index (χ2n) is 9.18. The fraction of sp³-hybridized carbons (Fsp3) is 0.545. The van der Waals surface area contributed by atoms with Crippen LogP contribution in [0.4, 0.5) is 0 Å². The molecule has 0 saturated carbocycles. The molecule has 3 heteroatoms. The predicted octanol–water partition coefficient (Wildman–Crippen LogP) is 5.48. The number of sulfone groups is 1. The van der Waals surface area contributed by atoms with Crippen molar-refractivity contribution >= 4 is 9.84 Å². The van der Waals surface area contributed by atoms with Gasteiger partial charge in [0.15, 0.2) is 9.84 Å². The minimum Gasteiger partial charge on any atom is -0.223 e. The molecule has 1 aliphatic carbocycles. The highest BCUT2D eigenvalue weighted by atomic mass is 32.2. The molecule has 0 N–H and O–H groups in total. The van der Waals surface area contributed by atoms with Gasteiger partial charge in [0.05, 0.1) is 10.1 Å². The minimum absolute atomic E-state index is 0. The first-order chi connectivity index (χ1) is 10.9. The zero-order chi connectivity index (χ0) is 17.9. The van der Waals surface area contributed by atoms with Gasteiger partial charge in [0, 0.05) is 5.92 Å². The van der Waals surface area contributed by atoms with Gasteiger partial charge in [-0.25, -0.2) is 8.42 Å².